The summed E-state index contributed by atoms with van der Waals surface area (Å²) in [6.45, 7) is 1.87. The summed E-state index contributed by atoms with van der Waals surface area (Å²) in [4.78, 5) is 11.7. The van der Waals surface area contributed by atoms with Crippen LogP contribution in [-0.2, 0) is 16.0 Å². The summed E-state index contributed by atoms with van der Waals surface area (Å²) in [6, 6.07) is 5.32. The van der Waals surface area contributed by atoms with Gasteiger partial charge >= 0.3 is 6.36 Å². The molecule has 1 unspecified atom stereocenters. The van der Waals surface area contributed by atoms with Crippen molar-refractivity contribution in [2.45, 2.75) is 38.7 Å². The lowest BCUT2D eigenvalue weighted by atomic mass is 10.0. The number of halogens is 3. The van der Waals surface area contributed by atoms with Crippen LogP contribution < -0.4 is 4.74 Å². The monoisotopic (exact) mass is 290 g/mol. The first-order valence-corrected chi connectivity index (χ1v) is 6.19. The van der Waals surface area contributed by atoms with Crippen molar-refractivity contribution in [3.8, 4) is 5.75 Å². The van der Waals surface area contributed by atoms with Crippen molar-refractivity contribution in [1.82, 2.24) is 0 Å². The molecule has 20 heavy (non-hydrogen) atoms. The summed E-state index contributed by atoms with van der Waals surface area (Å²) < 4.78 is 44.7. The van der Waals surface area contributed by atoms with Gasteiger partial charge in [-0.2, -0.15) is 0 Å². The fraction of sp³-hybridized carbons (Fsp3) is 0.500. The molecule has 1 aromatic rings. The van der Waals surface area contributed by atoms with E-state index in [1.54, 1.807) is 7.11 Å². The number of alkyl halides is 3. The highest BCUT2D eigenvalue weighted by Gasteiger charge is 2.30. The number of Topliss-reactive ketones (excluding diaryl/α,β-unsaturated/α-hetero) is 1. The summed E-state index contributed by atoms with van der Waals surface area (Å²) in [5, 5.41) is 0. The number of hydrogen-bond donors (Lipinski definition) is 0. The maximum atomic E-state index is 12.0. The standard InChI is InChI=1S/C14H17F3O3/c1-10(19-2)3-6-12(18)9-11-4-7-13(8-5-11)20-14(15,16)17/h4-5,7-8,10H,3,6,9H2,1-2H3. The zero-order valence-electron chi connectivity index (χ0n) is 11.4. The van der Waals surface area contributed by atoms with Gasteiger partial charge in [0.05, 0.1) is 6.10 Å². The van der Waals surface area contributed by atoms with E-state index in [1.165, 1.54) is 24.3 Å². The van der Waals surface area contributed by atoms with Crippen LogP contribution in [0.2, 0.25) is 0 Å². The van der Waals surface area contributed by atoms with E-state index in [1.807, 2.05) is 6.92 Å². The highest BCUT2D eigenvalue weighted by Crippen LogP contribution is 2.23. The second-order valence-electron chi connectivity index (χ2n) is 4.49. The quantitative estimate of drug-likeness (QED) is 0.771. The second kappa shape index (κ2) is 7.28. The summed E-state index contributed by atoms with van der Waals surface area (Å²) in [5.41, 5.74) is 0.662. The fourth-order valence-electron chi connectivity index (χ4n) is 1.61. The molecule has 1 atom stereocenters. The summed E-state index contributed by atoms with van der Waals surface area (Å²) in [6.07, 6.45) is -3.47. The molecule has 0 bridgehead atoms. The molecule has 0 spiro atoms. The smallest absolute Gasteiger partial charge is 0.406 e. The number of ether oxygens (including phenoxy) is 2. The van der Waals surface area contributed by atoms with Crippen LogP contribution in [0.1, 0.15) is 25.3 Å². The lowest BCUT2D eigenvalue weighted by Crippen LogP contribution is -2.17. The van der Waals surface area contributed by atoms with Gasteiger partial charge in [0.1, 0.15) is 11.5 Å². The van der Waals surface area contributed by atoms with Gasteiger partial charge in [0.2, 0.25) is 0 Å². The molecule has 0 aliphatic heterocycles. The molecule has 0 radical (unpaired) electrons. The van der Waals surface area contributed by atoms with Crippen LogP contribution in [0, 0.1) is 0 Å². The van der Waals surface area contributed by atoms with Crippen LogP contribution in [0.25, 0.3) is 0 Å². The fourth-order valence-corrected chi connectivity index (χ4v) is 1.61. The molecule has 0 aromatic heterocycles. The van der Waals surface area contributed by atoms with E-state index in [0.717, 1.165) is 0 Å². The average molecular weight is 290 g/mol. The molecule has 0 saturated carbocycles. The Kier molecular flexibility index (Phi) is 6.01. The number of benzene rings is 1. The molecule has 1 rings (SSSR count). The topological polar surface area (TPSA) is 35.5 Å². The Hall–Kier alpha value is -1.56. The minimum atomic E-state index is -4.70. The lowest BCUT2D eigenvalue weighted by molar-refractivity contribution is -0.274. The molecule has 0 aliphatic rings. The lowest BCUT2D eigenvalue weighted by Gasteiger charge is -2.10. The van der Waals surface area contributed by atoms with E-state index < -0.39 is 6.36 Å². The number of methoxy groups -OCH3 is 1. The number of carbonyl (C=O) groups excluding carboxylic acids is 1. The summed E-state index contributed by atoms with van der Waals surface area (Å²) >= 11 is 0. The molecule has 3 nitrogen and oxygen atoms in total. The van der Waals surface area contributed by atoms with Gasteiger partial charge < -0.3 is 9.47 Å². The number of hydrogen-bond acceptors (Lipinski definition) is 3. The van der Waals surface area contributed by atoms with Gasteiger partial charge in [0.25, 0.3) is 0 Å². The highest BCUT2D eigenvalue weighted by molar-refractivity contribution is 5.80. The maximum Gasteiger partial charge on any atom is 0.573 e. The first-order valence-electron chi connectivity index (χ1n) is 6.19. The summed E-state index contributed by atoms with van der Waals surface area (Å²) in [7, 11) is 1.58. The van der Waals surface area contributed by atoms with Crippen molar-refractivity contribution >= 4 is 5.78 Å². The zero-order chi connectivity index (χ0) is 15.2. The molecular weight excluding hydrogens is 273 g/mol. The Morgan fingerprint density at radius 1 is 1.25 bits per heavy atom. The molecule has 0 fully saturated rings. The van der Waals surface area contributed by atoms with Gasteiger partial charge in [0, 0.05) is 20.0 Å². The number of carbonyl (C=O) groups is 1. The van der Waals surface area contributed by atoms with Gasteiger partial charge in [0.15, 0.2) is 0 Å². The van der Waals surface area contributed by atoms with Crippen LogP contribution in [-0.4, -0.2) is 25.4 Å². The third kappa shape index (κ3) is 6.56. The van der Waals surface area contributed by atoms with Crippen LogP contribution in [0.3, 0.4) is 0 Å². The highest BCUT2D eigenvalue weighted by atomic mass is 19.4. The zero-order valence-corrected chi connectivity index (χ0v) is 11.4. The molecule has 0 saturated heterocycles. The Labute approximate surface area is 115 Å². The molecule has 0 amide bonds. The SMILES string of the molecule is COC(C)CCC(=O)Cc1ccc(OC(F)(F)F)cc1. The van der Waals surface area contributed by atoms with Crippen molar-refractivity contribution < 1.29 is 27.4 Å². The average Bonchev–Trinajstić information content (AvgIpc) is 2.36. The normalized spacial score (nSPS) is 13.1. The third-order valence-corrected chi connectivity index (χ3v) is 2.79. The number of ketones is 1. The molecular formula is C14H17F3O3. The van der Waals surface area contributed by atoms with Crippen molar-refractivity contribution in [2.75, 3.05) is 7.11 Å². The molecule has 6 heteroatoms. The first-order chi connectivity index (χ1) is 9.30. The molecule has 1 aromatic carbocycles. The number of rotatable bonds is 7. The van der Waals surface area contributed by atoms with Crippen LogP contribution in [0.5, 0.6) is 5.75 Å². The van der Waals surface area contributed by atoms with Gasteiger partial charge in [-0.05, 0) is 31.0 Å². The minimum absolute atomic E-state index is 0.0153. The van der Waals surface area contributed by atoms with Crippen molar-refractivity contribution in [3.63, 3.8) is 0 Å². The van der Waals surface area contributed by atoms with Crippen LogP contribution >= 0.6 is 0 Å². The Morgan fingerprint density at radius 3 is 2.35 bits per heavy atom. The van der Waals surface area contributed by atoms with E-state index in [4.69, 9.17) is 4.74 Å². The maximum absolute atomic E-state index is 12.0. The van der Waals surface area contributed by atoms with Gasteiger partial charge in [-0.1, -0.05) is 12.1 Å². The Bertz CT molecular complexity index is 426. The largest absolute Gasteiger partial charge is 0.573 e. The van der Waals surface area contributed by atoms with Gasteiger partial charge in [-0.3, -0.25) is 4.79 Å². The van der Waals surface area contributed by atoms with Gasteiger partial charge in [-0.15, -0.1) is 13.2 Å². The van der Waals surface area contributed by atoms with E-state index in [9.17, 15) is 18.0 Å². The van der Waals surface area contributed by atoms with Crippen LogP contribution in [0.15, 0.2) is 24.3 Å². The summed E-state index contributed by atoms with van der Waals surface area (Å²) in [5.74, 6) is -0.264. The molecule has 112 valence electrons. The van der Waals surface area contributed by atoms with E-state index in [-0.39, 0.29) is 24.1 Å². The van der Waals surface area contributed by atoms with Gasteiger partial charge in [-0.25, -0.2) is 0 Å². The minimum Gasteiger partial charge on any atom is -0.406 e. The van der Waals surface area contributed by atoms with E-state index >= 15 is 0 Å². The van der Waals surface area contributed by atoms with Crippen molar-refractivity contribution in [2.24, 2.45) is 0 Å². The molecule has 0 N–H and O–H groups in total. The third-order valence-electron chi connectivity index (χ3n) is 2.79. The van der Waals surface area contributed by atoms with E-state index in [0.29, 0.717) is 18.4 Å². The molecule has 0 aliphatic carbocycles. The molecule has 0 heterocycles. The van der Waals surface area contributed by atoms with Crippen molar-refractivity contribution in [3.05, 3.63) is 29.8 Å². The van der Waals surface area contributed by atoms with Crippen LogP contribution in [0.4, 0.5) is 13.2 Å². The van der Waals surface area contributed by atoms with Crippen molar-refractivity contribution in [1.29, 1.82) is 0 Å². The van der Waals surface area contributed by atoms with E-state index in [2.05, 4.69) is 4.74 Å². The second-order valence-corrected chi connectivity index (χ2v) is 4.49. The Balaban J connectivity index is 2.47. The Morgan fingerprint density at radius 2 is 1.85 bits per heavy atom. The predicted molar refractivity (Wildman–Crippen MR) is 67.5 cm³/mol. The first kappa shape index (κ1) is 16.5. The predicted octanol–water partition coefficient (Wildman–Crippen LogP) is 3.51.